The molecule has 2 aliphatic rings. The lowest BCUT2D eigenvalue weighted by molar-refractivity contribution is -0.354. The largest absolute Gasteiger partial charge is 0.507 e. The number of ether oxygens (including phenoxy) is 3. The molecule has 2 aliphatic heterocycles. The number of phenols is 1. The molecule has 0 amide bonds. The quantitative estimate of drug-likeness (QED) is 0.537. The Kier molecular flexibility index (Phi) is 3.63. The smallest absolute Gasteiger partial charge is 0.188 e. The topological polar surface area (TPSA) is 109 Å². The van der Waals surface area contributed by atoms with Crippen molar-refractivity contribution in [3.8, 4) is 5.75 Å². The Bertz CT molecular complexity index is 478. The number of para-hydroxylation sites is 1. The summed E-state index contributed by atoms with van der Waals surface area (Å²) >= 11 is 0. The molecule has 1 aromatic rings. The van der Waals surface area contributed by atoms with Crippen LogP contribution in [0.5, 0.6) is 5.75 Å². The lowest BCUT2D eigenvalue weighted by Gasteiger charge is -2.45. The minimum Gasteiger partial charge on any atom is -0.507 e. The average molecular weight is 284 g/mol. The van der Waals surface area contributed by atoms with Crippen molar-refractivity contribution in [1.29, 1.82) is 0 Å². The van der Waals surface area contributed by atoms with Crippen molar-refractivity contribution in [3.63, 3.8) is 0 Å². The molecule has 7 nitrogen and oxygen atoms in total. The van der Waals surface area contributed by atoms with Crippen LogP contribution in [0.4, 0.5) is 0 Å². The molecule has 3 rings (SSSR count). The summed E-state index contributed by atoms with van der Waals surface area (Å²) in [4.78, 5) is 0. The lowest BCUT2D eigenvalue weighted by Crippen LogP contribution is -2.61. The van der Waals surface area contributed by atoms with Crippen LogP contribution in [0.15, 0.2) is 24.3 Å². The highest BCUT2D eigenvalue weighted by molar-refractivity contribution is 5.33. The summed E-state index contributed by atoms with van der Waals surface area (Å²) in [6.45, 7) is 0.0739. The Morgan fingerprint density at radius 2 is 1.75 bits per heavy atom. The van der Waals surface area contributed by atoms with Crippen LogP contribution in [0.25, 0.3) is 0 Å². The number of benzene rings is 1. The van der Waals surface area contributed by atoms with Gasteiger partial charge < -0.3 is 34.6 Å². The van der Waals surface area contributed by atoms with Crippen LogP contribution in [0, 0.1) is 0 Å². The highest BCUT2D eigenvalue weighted by atomic mass is 16.7. The van der Waals surface area contributed by atoms with E-state index in [0.29, 0.717) is 5.56 Å². The summed E-state index contributed by atoms with van der Waals surface area (Å²) in [6.07, 6.45) is -6.59. The fraction of sp³-hybridized carbons (Fsp3) is 0.538. The SMILES string of the molecule is Oc1ccccc1[C@H]1OC[C@H]2OC(O)[C@H](O)[C@@H](O)[C@H]2O1. The van der Waals surface area contributed by atoms with Crippen LogP contribution in [0.3, 0.4) is 0 Å². The summed E-state index contributed by atoms with van der Waals surface area (Å²) in [7, 11) is 0. The first-order valence-electron chi connectivity index (χ1n) is 6.32. The standard InChI is InChI=1S/C13H16O7/c14-7-4-2-1-3-6(7)13-18-5-8-11(20-13)9(15)10(16)12(17)19-8/h1-4,8-17H,5H2/t8-,9-,10-,11+,12?,13+/m1/s1. The molecule has 20 heavy (non-hydrogen) atoms. The van der Waals surface area contributed by atoms with Gasteiger partial charge in [0, 0.05) is 5.56 Å². The van der Waals surface area contributed by atoms with Gasteiger partial charge in [-0.15, -0.1) is 0 Å². The van der Waals surface area contributed by atoms with Crippen molar-refractivity contribution in [2.24, 2.45) is 0 Å². The lowest BCUT2D eigenvalue weighted by atomic mass is 9.98. The summed E-state index contributed by atoms with van der Waals surface area (Å²) in [5.41, 5.74) is 0.429. The van der Waals surface area contributed by atoms with Crippen LogP contribution in [0.1, 0.15) is 11.9 Å². The minimum atomic E-state index is -1.47. The van der Waals surface area contributed by atoms with Crippen LogP contribution in [-0.2, 0) is 14.2 Å². The molecule has 0 bridgehead atoms. The Morgan fingerprint density at radius 3 is 2.50 bits per heavy atom. The van der Waals surface area contributed by atoms with Gasteiger partial charge in [0.15, 0.2) is 12.6 Å². The van der Waals surface area contributed by atoms with Gasteiger partial charge in [-0.2, -0.15) is 0 Å². The van der Waals surface area contributed by atoms with Crippen molar-refractivity contribution in [1.82, 2.24) is 0 Å². The summed E-state index contributed by atoms with van der Waals surface area (Å²) in [6, 6.07) is 6.53. The van der Waals surface area contributed by atoms with Crippen LogP contribution < -0.4 is 0 Å². The second-order valence-corrected chi connectivity index (χ2v) is 4.87. The van der Waals surface area contributed by atoms with E-state index in [1.165, 1.54) is 6.07 Å². The van der Waals surface area contributed by atoms with E-state index in [2.05, 4.69) is 0 Å². The number of hydrogen-bond donors (Lipinski definition) is 4. The second-order valence-electron chi connectivity index (χ2n) is 4.87. The normalized spacial score (nSPS) is 41.1. The van der Waals surface area contributed by atoms with Gasteiger partial charge in [-0.05, 0) is 6.07 Å². The van der Waals surface area contributed by atoms with Gasteiger partial charge >= 0.3 is 0 Å². The van der Waals surface area contributed by atoms with Crippen molar-refractivity contribution < 1.29 is 34.6 Å². The molecule has 0 aliphatic carbocycles. The first-order valence-corrected chi connectivity index (χ1v) is 6.32. The Morgan fingerprint density at radius 1 is 1.00 bits per heavy atom. The van der Waals surface area contributed by atoms with Crippen molar-refractivity contribution in [2.45, 2.75) is 37.0 Å². The van der Waals surface area contributed by atoms with Crippen LogP contribution in [0.2, 0.25) is 0 Å². The molecule has 4 N–H and O–H groups in total. The highest BCUT2D eigenvalue weighted by Gasteiger charge is 2.48. The molecule has 6 atom stereocenters. The zero-order valence-corrected chi connectivity index (χ0v) is 10.5. The van der Waals surface area contributed by atoms with Gasteiger partial charge in [0.1, 0.15) is 30.2 Å². The predicted molar refractivity (Wildman–Crippen MR) is 64.6 cm³/mol. The maximum atomic E-state index is 9.94. The maximum Gasteiger partial charge on any atom is 0.188 e. The fourth-order valence-electron chi connectivity index (χ4n) is 2.44. The number of phenolic OH excluding ortho intramolecular Hbond substituents is 1. The van der Waals surface area contributed by atoms with Gasteiger partial charge in [-0.3, -0.25) is 0 Å². The Balaban J connectivity index is 1.79. The molecular weight excluding hydrogens is 268 g/mol. The molecule has 2 saturated heterocycles. The number of aliphatic hydroxyl groups is 3. The molecular formula is C13H16O7. The molecule has 110 valence electrons. The zero-order valence-electron chi connectivity index (χ0n) is 10.5. The number of rotatable bonds is 1. The fourth-order valence-corrected chi connectivity index (χ4v) is 2.44. The molecule has 2 fully saturated rings. The van der Waals surface area contributed by atoms with E-state index >= 15 is 0 Å². The van der Waals surface area contributed by atoms with Gasteiger partial charge in [0.2, 0.25) is 0 Å². The molecule has 1 aromatic carbocycles. The Hall–Kier alpha value is -1.22. The van der Waals surface area contributed by atoms with Crippen molar-refractivity contribution in [3.05, 3.63) is 29.8 Å². The van der Waals surface area contributed by atoms with E-state index in [-0.39, 0.29) is 12.4 Å². The van der Waals surface area contributed by atoms with Crippen molar-refractivity contribution >= 4 is 0 Å². The summed E-state index contributed by atoms with van der Waals surface area (Å²) in [5.74, 6) is 0.0164. The predicted octanol–water partition coefficient (Wildman–Crippen LogP) is -0.755. The molecule has 0 spiro atoms. The third kappa shape index (κ3) is 2.28. The van der Waals surface area contributed by atoms with E-state index in [0.717, 1.165) is 0 Å². The number of aromatic hydroxyl groups is 1. The van der Waals surface area contributed by atoms with Crippen LogP contribution >= 0.6 is 0 Å². The van der Waals surface area contributed by atoms with Gasteiger partial charge in [-0.25, -0.2) is 0 Å². The van der Waals surface area contributed by atoms with Gasteiger partial charge in [0.25, 0.3) is 0 Å². The van der Waals surface area contributed by atoms with E-state index in [1.54, 1.807) is 18.2 Å². The second kappa shape index (κ2) is 5.28. The first kappa shape index (κ1) is 13.7. The van der Waals surface area contributed by atoms with Gasteiger partial charge in [0.05, 0.1) is 6.61 Å². The maximum absolute atomic E-state index is 9.94. The molecule has 0 saturated carbocycles. The average Bonchev–Trinajstić information content (AvgIpc) is 2.45. The third-order valence-electron chi connectivity index (χ3n) is 3.54. The number of aliphatic hydroxyl groups excluding tert-OH is 3. The van der Waals surface area contributed by atoms with E-state index < -0.39 is 37.0 Å². The molecule has 2 heterocycles. The molecule has 0 radical (unpaired) electrons. The number of hydrogen-bond acceptors (Lipinski definition) is 7. The first-order chi connectivity index (χ1) is 9.58. The Labute approximate surface area is 114 Å². The summed E-state index contributed by atoms with van der Waals surface area (Å²) < 4.78 is 16.1. The highest BCUT2D eigenvalue weighted by Crippen LogP contribution is 2.36. The van der Waals surface area contributed by atoms with Crippen molar-refractivity contribution in [2.75, 3.05) is 6.61 Å². The molecule has 0 aromatic heterocycles. The summed E-state index contributed by atoms with van der Waals surface area (Å²) in [5, 5.41) is 38.8. The van der Waals surface area contributed by atoms with E-state index in [9.17, 15) is 20.4 Å². The zero-order chi connectivity index (χ0) is 14.3. The number of fused-ring (bicyclic) bond motifs is 1. The van der Waals surface area contributed by atoms with E-state index in [1.807, 2.05) is 0 Å². The monoisotopic (exact) mass is 284 g/mol. The van der Waals surface area contributed by atoms with Gasteiger partial charge in [-0.1, -0.05) is 18.2 Å². The molecule has 7 heteroatoms. The molecule has 1 unspecified atom stereocenters. The van der Waals surface area contributed by atoms with E-state index in [4.69, 9.17) is 14.2 Å². The minimum absolute atomic E-state index is 0.0164. The third-order valence-corrected chi connectivity index (χ3v) is 3.54. The van der Waals surface area contributed by atoms with Crippen LogP contribution in [-0.4, -0.2) is 57.7 Å².